The van der Waals surface area contributed by atoms with Gasteiger partial charge in [-0.05, 0) is 90.7 Å². The van der Waals surface area contributed by atoms with Gasteiger partial charge in [0.15, 0.2) is 9.84 Å². The summed E-state index contributed by atoms with van der Waals surface area (Å²) in [6.45, 7) is 3.68. The number of fused-ring (bicyclic) bond motifs is 1. The van der Waals surface area contributed by atoms with Crippen LogP contribution in [0.2, 0.25) is 0 Å². The van der Waals surface area contributed by atoms with Gasteiger partial charge >= 0.3 is 0 Å². The molecule has 0 amide bonds. The molecule has 0 unspecified atom stereocenters. The van der Waals surface area contributed by atoms with Crippen LogP contribution >= 0.6 is 12.0 Å². The van der Waals surface area contributed by atoms with Gasteiger partial charge in [-0.3, -0.25) is 4.98 Å². The Balaban J connectivity index is 1.45. The molecule has 0 fully saturated rings. The van der Waals surface area contributed by atoms with Gasteiger partial charge in [-0.2, -0.15) is 4.33 Å². The number of rotatable bonds is 11. The highest BCUT2D eigenvalue weighted by atomic mass is 32.2. The molecular weight excluding hydrogens is 648 g/mol. The third-order valence-electron chi connectivity index (χ3n) is 8.31. The zero-order valence-corrected chi connectivity index (χ0v) is 28.4. The average Bonchev–Trinajstić information content (AvgIpc) is 3.09. The summed E-state index contributed by atoms with van der Waals surface area (Å²) in [6.07, 6.45) is 3.00. The van der Waals surface area contributed by atoms with E-state index >= 15 is 0 Å². The molecular formula is C38H33FN2O5S2. The van der Waals surface area contributed by atoms with Crippen molar-refractivity contribution < 1.29 is 26.8 Å². The van der Waals surface area contributed by atoms with Crippen LogP contribution in [0.3, 0.4) is 0 Å². The first-order chi connectivity index (χ1) is 23.0. The molecule has 10 heteroatoms. The van der Waals surface area contributed by atoms with Crippen molar-refractivity contribution in [2.24, 2.45) is 0 Å². The van der Waals surface area contributed by atoms with Crippen molar-refractivity contribution in [1.82, 2.24) is 9.97 Å². The maximum Gasteiger partial charge on any atom is 0.214 e. The number of nitrogens with zero attached hydrogens (tertiary/aromatic N) is 2. The van der Waals surface area contributed by atoms with E-state index in [9.17, 15) is 12.8 Å². The van der Waals surface area contributed by atoms with Crippen LogP contribution in [0.1, 0.15) is 25.0 Å². The molecule has 2 heterocycles. The second-order valence-electron chi connectivity index (χ2n) is 11.8. The Hall–Kier alpha value is -4.61. The van der Waals surface area contributed by atoms with Crippen molar-refractivity contribution >= 4 is 32.8 Å². The van der Waals surface area contributed by atoms with Crippen LogP contribution in [-0.2, 0) is 30.4 Å². The Morgan fingerprint density at radius 2 is 1.54 bits per heavy atom. The van der Waals surface area contributed by atoms with Gasteiger partial charge in [0.25, 0.3) is 0 Å². The van der Waals surface area contributed by atoms with Crippen LogP contribution in [0.5, 0.6) is 5.88 Å². The predicted octanol–water partition coefficient (Wildman–Crippen LogP) is 9.21. The summed E-state index contributed by atoms with van der Waals surface area (Å²) in [6, 6.07) is 33.4. The van der Waals surface area contributed by atoms with E-state index in [0.717, 1.165) is 61.2 Å². The molecule has 0 aliphatic rings. The van der Waals surface area contributed by atoms with Crippen LogP contribution in [-0.4, -0.2) is 31.8 Å². The second-order valence-corrected chi connectivity index (χ2v) is 15.1. The lowest BCUT2D eigenvalue weighted by Gasteiger charge is -2.24. The number of hydrogen-bond acceptors (Lipinski definition) is 8. The third-order valence-corrected chi connectivity index (χ3v) is 11.1. The van der Waals surface area contributed by atoms with Gasteiger partial charge in [-0.1, -0.05) is 48.5 Å². The Morgan fingerprint density at radius 3 is 2.25 bits per heavy atom. The largest absolute Gasteiger partial charge is 0.473 e. The molecule has 0 saturated heterocycles. The Morgan fingerprint density at radius 1 is 0.812 bits per heavy atom. The number of hydrogen-bond donors (Lipinski definition) is 0. The normalized spacial score (nSPS) is 11.9. The number of benzene rings is 4. The summed E-state index contributed by atoms with van der Waals surface area (Å²) < 4.78 is 49.0. The fraction of sp³-hybridized carbons (Fsp3) is 0.158. The summed E-state index contributed by atoms with van der Waals surface area (Å²) in [4.78, 5) is 15.2. The fourth-order valence-corrected chi connectivity index (χ4v) is 6.22. The van der Waals surface area contributed by atoms with E-state index in [1.165, 1.54) is 25.5 Å². The van der Waals surface area contributed by atoms with E-state index in [-0.39, 0.29) is 12.4 Å². The van der Waals surface area contributed by atoms with E-state index in [4.69, 9.17) is 18.9 Å². The van der Waals surface area contributed by atoms with E-state index in [1.54, 1.807) is 32.2 Å². The number of sulfone groups is 1. The Labute approximate surface area is 283 Å². The summed E-state index contributed by atoms with van der Waals surface area (Å²) >= 11 is 1.10. The lowest BCUT2D eigenvalue weighted by molar-refractivity contribution is -0.160. The van der Waals surface area contributed by atoms with Crippen molar-refractivity contribution in [2.75, 3.05) is 13.4 Å². The van der Waals surface area contributed by atoms with Crippen molar-refractivity contribution in [1.29, 1.82) is 0 Å². The standard InChI is InChI=1S/C38H33FN2O5S2/c1-38(2,48(4,42)43)30-22-29-9-6-20-40-36(29)34(23-30)28-8-5-7-27(21-28)33-18-19-35(45-24-25-10-14-31(39)15-11-25)41-37(33)26-12-16-32(17-13-26)47-46-44-3/h5-23H,24H2,1-4H3. The molecule has 0 atom stereocenters. The van der Waals surface area contributed by atoms with E-state index < -0.39 is 14.6 Å². The second kappa shape index (κ2) is 13.9. The first-order valence-electron chi connectivity index (χ1n) is 15.1. The van der Waals surface area contributed by atoms with Gasteiger partial charge in [-0.15, -0.1) is 0 Å². The minimum Gasteiger partial charge on any atom is -0.473 e. The van der Waals surface area contributed by atoms with Crippen LogP contribution in [0, 0.1) is 5.82 Å². The molecule has 2 aromatic heterocycles. The summed E-state index contributed by atoms with van der Waals surface area (Å²) in [7, 11) is -1.97. The van der Waals surface area contributed by atoms with Crippen LogP contribution < -0.4 is 4.74 Å². The minimum absolute atomic E-state index is 0.228. The lowest BCUT2D eigenvalue weighted by atomic mass is 9.91. The molecule has 0 aliphatic carbocycles. The number of pyridine rings is 2. The number of ether oxygens (including phenoxy) is 1. The lowest BCUT2D eigenvalue weighted by Crippen LogP contribution is -2.28. The highest BCUT2D eigenvalue weighted by Crippen LogP contribution is 2.39. The van der Waals surface area contributed by atoms with Crippen molar-refractivity contribution in [3.8, 4) is 39.4 Å². The number of halogens is 1. The number of aromatic nitrogens is 2. The summed E-state index contributed by atoms with van der Waals surface area (Å²) in [5.74, 6) is 0.110. The van der Waals surface area contributed by atoms with E-state index in [2.05, 4.69) is 11.1 Å². The van der Waals surface area contributed by atoms with Crippen LogP contribution in [0.25, 0.3) is 44.4 Å². The molecule has 244 valence electrons. The molecule has 4 aromatic carbocycles. The van der Waals surface area contributed by atoms with Crippen LogP contribution in [0.15, 0.2) is 120 Å². The van der Waals surface area contributed by atoms with Gasteiger partial charge in [0.05, 0.1) is 35.1 Å². The third kappa shape index (κ3) is 7.12. The summed E-state index contributed by atoms with van der Waals surface area (Å²) in [5, 5.41) is 0.854. The molecule has 7 nitrogen and oxygen atoms in total. The van der Waals surface area contributed by atoms with Gasteiger partial charge in [0.2, 0.25) is 5.88 Å². The maximum atomic E-state index is 13.4. The minimum atomic E-state index is -3.42. The highest BCUT2D eigenvalue weighted by molar-refractivity contribution is 7.94. The quantitative estimate of drug-likeness (QED) is 0.0761. The SMILES string of the molecule is COOSc1ccc(-c2nc(OCc3ccc(F)cc3)ccc2-c2cccc(-c3cc(C(C)(C)S(C)(=O)=O)cc4cccnc34)c2)cc1. The molecule has 0 radical (unpaired) electrons. The molecule has 48 heavy (non-hydrogen) atoms. The molecule has 0 bridgehead atoms. The van der Waals surface area contributed by atoms with Crippen molar-refractivity contribution in [3.63, 3.8) is 0 Å². The zero-order chi connectivity index (χ0) is 33.9. The van der Waals surface area contributed by atoms with Gasteiger partial charge in [0, 0.05) is 45.5 Å². The molecule has 0 saturated carbocycles. The highest BCUT2D eigenvalue weighted by Gasteiger charge is 2.33. The first kappa shape index (κ1) is 33.3. The smallest absolute Gasteiger partial charge is 0.214 e. The topological polar surface area (TPSA) is 87.6 Å². The van der Waals surface area contributed by atoms with Gasteiger partial charge in [-0.25, -0.2) is 22.7 Å². The van der Waals surface area contributed by atoms with E-state index in [1.807, 2.05) is 78.9 Å². The Bertz CT molecular complexity index is 2190. The average molecular weight is 681 g/mol. The van der Waals surface area contributed by atoms with Crippen LogP contribution in [0.4, 0.5) is 4.39 Å². The molecule has 0 N–H and O–H groups in total. The predicted molar refractivity (Wildman–Crippen MR) is 188 cm³/mol. The molecule has 0 spiro atoms. The van der Waals surface area contributed by atoms with E-state index in [0.29, 0.717) is 17.1 Å². The summed E-state index contributed by atoms with van der Waals surface area (Å²) in [5.41, 5.74) is 7.31. The zero-order valence-electron chi connectivity index (χ0n) is 26.8. The first-order valence-corrected chi connectivity index (χ1v) is 17.7. The van der Waals surface area contributed by atoms with Gasteiger partial charge < -0.3 is 4.74 Å². The molecule has 0 aliphatic heterocycles. The Kier molecular flexibility index (Phi) is 9.61. The van der Waals surface area contributed by atoms with Gasteiger partial charge in [0.1, 0.15) is 12.4 Å². The monoisotopic (exact) mass is 680 g/mol. The maximum absolute atomic E-state index is 13.4. The molecule has 6 rings (SSSR count). The molecule has 6 aromatic rings. The van der Waals surface area contributed by atoms with Crippen molar-refractivity contribution in [2.45, 2.75) is 30.1 Å². The fourth-order valence-electron chi connectivity index (χ4n) is 5.28. The van der Waals surface area contributed by atoms with Crippen molar-refractivity contribution in [3.05, 3.63) is 132 Å².